The summed E-state index contributed by atoms with van der Waals surface area (Å²) < 4.78 is 4.94. The number of anilines is 2. The molecule has 1 aromatic heterocycles. The number of furan rings is 1. The lowest BCUT2D eigenvalue weighted by Gasteiger charge is -2.06. The highest BCUT2D eigenvalue weighted by molar-refractivity contribution is 6.06. The Morgan fingerprint density at radius 3 is 2.50 bits per heavy atom. The van der Waals surface area contributed by atoms with Gasteiger partial charge in [-0.3, -0.25) is 4.79 Å². The minimum Gasteiger partial charge on any atom is -0.478 e. The van der Waals surface area contributed by atoms with Crippen molar-refractivity contribution in [2.75, 3.05) is 11.1 Å². The van der Waals surface area contributed by atoms with Gasteiger partial charge in [-0.15, -0.1) is 0 Å². The average Bonchev–Trinajstić information content (AvgIpc) is 2.76. The molecule has 0 spiro atoms. The van der Waals surface area contributed by atoms with E-state index in [1.165, 1.54) is 24.3 Å². The molecule has 1 amide bonds. The summed E-state index contributed by atoms with van der Waals surface area (Å²) in [5.41, 5.74) is 5.55. The van der Waals surface area contributed by atoms with Crippen molar-refractivity contribution in [3.63, 3.8) is 0 Å². The Hall–Kier alpha value is -2.76. The zero-order valence-corrected chi connectivity index (χ0v) is 9.21. The topological polar surface area (TPSA) is 106 Å². The van der Waals surface area contributed by atoms with Crippen LogP contribution in [0.4, 0.5) is 11.6 Å². The molecule has 0 saturated carbocycles. The van der Waals surface area contributed by atoms with E-state index in [0.29, 0.717) is 0 Å². The Bertz CT molecular complexity index is 604. The van der Waals surface area contributed by atoms with Gasteiger partial charge in [0, 0.05) is 6.07 Å². The van der Waals surface area contributed by atoms with Gasteiger partial charge in [0.25, 0.3) is 5.91 Å². The van der Waals surface area contributed by atoms with Gasteiger partial charge in [0.1, 0.15) is 0 Å². The number of nitrogens with one attached hydrogen (secondary N) is 1. The van der Waals surface area contributed by atoms with E-state index in [2.05, 4.69) is 5.32 Å². The van der Waals surface area contributed by atoms with Crippen LogP contribution in [0, 0.1) is 0 Å². The van der Waals surface area contributed by atoms with Crippen molar-refractivity contribution in [1.29, 1.82) is 0 Å². The molecular formula is C12H10N2O4. The Morgan fingerprint density at radius 2 is 1.89 bits per heavy atom. The van der Waals surface area contributed by atoms with Gasteiger partial charge in [-0.25, -0.2) is 4.79 Å². The fraction of sp³-hybridized carbons (Fsp3) is 0. The highest BCUT2D eigenvalue weighted by Crippen LogP contribution is 2.17. The molecule has 6 nitrogen and oxygen atoms in total. The first-order valence-electron chi connectivity index (χ1n) is 5.07. The van der Waals surface area contributed by atoms with E-state index in [1.54, 1.807) is 12.1 Å². The number of carboxylic acid groups (broad SMARTS) is 1. The number of carbonyl (C=O) groups is 2. The zero-order chi connectivity index (χ0) is 13.1. The monoisotopic (exact) mass is 246 g/mol. The zero-order valence-electron chi connectivity index (χ0n) is 9.21. The molecule has 0 bridgehead atoms. The minimum absolute atomic E-state index is 0.00498. The molecule has 2 rings (SSSR count). The van der Waals surface area contributed by atoms with Crippen molar-refractivity contribution < 1.29 is 19.1 Å². The van der Waals surface area contributed by atoms with E-state index in [0.717, 1.165) is 0 Å². The molecule has 1 heterocycles. The van der Waals surface area contributed by atoms with Crippen molar-refractivity contribution in [3.8, 4) is 0 Å². The maximum atomic E-state index is 11.7. The largest absolute Gasteiger partial charge is 0.478 e. The molecule has 0 radical (unpaired) electrons. The number of aromatic carboxylic acids is 1. The summed E-state index contributed by atoms with van der Waals surface area (Å²) in [7, 11) is 0. The van der Waals surface area contributed by atoms with E-state index >= 15 is 0 Å². The molecular weight excluding hydrogens is 236 g/mol. The number of para-hydroxylation sites is 1. The molecule has 0 unspecified atom stereocenters. The standard InChI is InChI=1S/C12H10N2O4/c13-10-6-5-9(18-10)11(15)14-8-4-2-1-3-7(8)12(16)17/h1-6H,13H2,(H,14,15)(H,16,17). The number of nitrogens with two attached hydrogens (primary N) is 1. The van der Waals surface area contributed by atoms with E-state index < -0.39 is 11.9 Å². The van der Waals surface area contributed by atoms with Crippen molar-refractivity contribution >= 4 is 23.4 Å². The Kier molecular flexibility index (Phi) is 3.01. The Balaban J connectivity index is 2.24. The van der Waals surface area contributed by atoms with Gasteiger partial charge < -0.3 is 20.6 Å². The number of carbonyl (C=O) groups excluding carboxylic acids is 1. The second-order valence-corrected chi connectivity index (χ2v) is 3.51. The van der Waals surface area contributed by atoms with Crippen LogP contribution in [0.25, 0.3) is 0 Å². The van der Waals surface area contributed by atoms with Crippen LogP contribution in [0.5, 0.6) is 0 Å². The third kappa shape index (κ3) is 2.32. The van der Waals surface area contributed by atoms with Crippen LogP contribution in [0.3, 0.4) is 0 Å². The Morgan fingerprint density at radius 1 is 1.17 bits per heavy atom. The van der Waals surface area contributed by atoms with Gasteiger partial charge >= 0.3 is 5.97 Å². The van der Waals surface area contributed by atoms with Gasteiger partial charge in [-0.2, -0.15) is 0 Å². The van der Waals surface area contributed by atoms with Crippen molar-refractivity contribution in [2.24, 2.45) is 0 Å². The van der Waals surface area contributed by atoms with Crippen LogP contribution >= 0.6 is 0 Å². The second-order valence-electron chi connectivity index (χ2n) is 3.51. The molecule has 6 heteroatoms. The molecule has 1 aromatic carbocycles. The summed E-state index contributed by atoms with van der Waals surface area (Å²) in [6.07, 6.45) is 0. The van der Waals surface area contributed by atoms with Gasteiger partial charge in [-0.1, -0.05) is 12.1 Å². The van der Waals surface area contributed by atoms with Gasteiger partial charge in [-0.05, 0) is 18.2 Å². The SMILES string of the molecule is Nc1ccc(C(=O)Nc2ccccc2C(=O)O)o1. The fourth-order valence-electron chi connectivity index (χ4n) is 1.44. The smallest absolute Gasteiger partial charge is 0.337 e. The predicted molar refractivity (Wildman–Crippen MR) is 64.5 cm³/mol. The van der Waals surface area contributed by atoms with E-state index in [1.807, 2.05) is 0 Å². The summed E-state index contributed by atoms with van der Waals surface area (Å²) >= 11 is 0. The van der Waals surface area contributed by atoms with Gasteiger partial charge in [0.2, 0.25) is 0 Å². The fourth-order valence-corrected chi connectivity index (χ4v) is 1.44. The summed E-state index contributed by atoms with van der Waals surface area (Å²) in [5.74, 6) is -1.54. The molecule has 0 atom stereocenters. The maximum absolute atomic E-state index is 11.7. The van der Waals surface area contributed by atoms with Crippen LogP contribution < -0.4 is 11.1 Å². The predicted octanol–water partition coefficient (Wildman–Crippen LogP) is 1.81. The number of hydrogen-bond donors (Lipinski definition) is 3. The second kappa shape index (κ2) is 4.62. The molecule has 2 aromatic rings. The normalized spacial score (nSPS) is 10.0. The minimum atomic E-state index is -1.12. The third-order valence-electron chi connectivity index (χ3n) is 2.26. The Labute approximate surface area is 102 Å². The van der Waals surface area contributed by atoms with Crippen molar-refractivity contribution in [1.82, 2.24) is 0 Å². The van der Waals surface area contributed by atoms with Crippen LogP contribution in [0.15, 0.2) is 40.8 Å². The molecule has 0 aliphatic carbocycles. The summed E-state index contributed by atoms with van der Waals surface area (Å²) in [4.78, 5) is 22.7. The number of benzene rings is 1. The van der Waals surface area contributed by atoms with E-state index in [-0.39, 0.29) is 22.9 Å². The number of carboxylic acids is 1. The van der Waals surface area contributed by atoms with Crippen LogP contribution in [-0.2, 0) is 0 Å². The average molecular weight is 246 g/mol. The number of rotatable bonds is 3. The van der Waals surface area contributed by atoms with Gasteiger partial charge in [0.15, 0.2) is 11.6 Å². The highest BCUT2D eigenvalue weighted by Gasteiger charge is 2.15. The molecule has 0 fully saturated rings. The quantitative estimate of drug-likeness (QED) is 0.765. The summed E-state index contributed by atoms with van der Waals surface area (Å²) in [6.45, 7) is 0. The summed E-state index contributed by atoms with van der Waals surface area (Å²) in [6, 6.07) is 8.94. The lowest BCUT2D eigenvalue weighted by molar-refractivity contribution is 0.0698. The first kappa shape index (κ1) is 11.7. The molecule has 18 heavy (non-hydrogen) atoms. The maximum Gasteiger partial charge on any atom is 0.337 e. The van der Waals surface area contributed by atoms with Crippen molar-refractivity contribution in [3.05, 3.63) is 47.7 Å². The molecule has 4 N–H and O–H groups in total. The van der Waals surface area contributed by atoms with Crippen LogP contribution in [-0.4, -0.2) is 17.0 Å². The molecule has 0 aliphatic heterocycles. The molecule has 0 aliphatic rings. The third-order valence-corrected chi connectivity index (χ3v) is 2.26. The lowest BCUT2D eigenvalue weighted by Crippen LogP contribution is -2.14. The van der Waals surface area contributed by atoms with Crippen molar-refractivity contribution in [2.45, 2.75) is 0 Å². The molecule has 0 saturated heterocycles. The van der Waals surface area contributed by atoms with E-state index in [9.17, 15) is 9.59 Å². The first-order chi connectivity index (χ1) is 8.58. The lowest BCUT2D eigenvalue weighted by atomic mass is 10.2. The number of amides is 1. The number of hydrogen-bond acceptors (Lipinski definition) is 4. The number of nitrogen functional groups attached to an aromatic ring is 1. The molecule has 92 valence electrons. The van der Waals surface area contributed by atoms with Crippen LogP contribution in [0.2, 0.25) is 0 Å². The van der Waals surface area contributed by atoms with Gasteiger partial charge in [0.05, 0.1) is 11.3 Å². The van der Waals surface area contributed by atoms with Crippen LogP contribution in [0.1, 0.15) is 20.9 Å². The summed E-state index contributed by atoms with van der Waals surface area (Å²) in [5, 5.41) is 11.4. The van der Waals surface area contributed by atoms with E-state index in [4.69, 9.17) is 15.3 Å². The highest BCUT2D eigenvalue weighted by atomic mass is 16.4. The first-order valence-corrected chi connectivity index (χ1v) is 5.07.